The predicted octanol–water partition coefficient (Wildman–Crippen LogP) is 1.06. The number of piperazine rings is 1. The number of H-pyrrole nitrogens is 1. The van der Waals surface area contributed by atoms with Crippen LogP contribution in [0.3, 0.4) is 0 Å². The van der Waals surface area contributed by atoms with Crippen molar-refractivity contribution < 1.29 is 0 Å². The zero-order valence-corrected chi connectivity index (χ0v) is 16.0. The maximum absolute atomic E-state index is 6.05. The van der Waals surface area contributed by atoms with Crippen LogP contribution < -0.4 is 16.2 Å². The first kappa shape index (κ1) is 17.9. The fourth-order valence-corrected chi connectivity index (χ4v) is 3.65. The number of anilines is 2. The van der Waals surface area contributed by atoms with Crippen molar-refractivity contribution in [2.24, 2.45) is 0 Å². The van der Waals surface area contributed by atoms with E-state index in [1.807, 2.05) is 10.6 Å². The molecule has 0 saturated carbocycles. The van der Waals surface area contributed by atoms with Crippen molar-refractivity contribution in [3.63, 3.8) is 0 Å². The van der Waals surface area contributed by atoms with E-state index < -0.39 is 0 Å². The molecule has 9 heteroatoms. The average Bonchev–Trinajstić information content (AvgIpc) is 3.40. The molecule has 0 amide bonds. The lowest BCUT2D eigenvalue weighted by Gasteiger charge is -2.27. The van der Waals surface area contributed by atoms with Gasteiger partial charge in [-0.05, 0) is 17.7 Å². The van der Waals surface area contributed by atoms with Gasteiger partial charge >= 0.3 is 0 Å². The van der Waals surface area contributed by atoms with Gasteiger partial charge in [-0.25, -0.2) is 9.97 Å². The van der Waals surface area contributed by atoms with E-state index in [-0.39, 0.29) is 0 Å². The Morgan fingerprint density at radius 3 is 2.69 bits per heavy atom. The van der Waals surface area contributed by atoms with E-state index in [0.717, 1.165) is 49.7 Å². The molecule has 1 aliphatic rings. The fourth-order valence-electron chi connectivity index (χ4n) is 3.65. The molecule has 0 atom stereocenters. The number of aromatic nitrogens is 5. The van der Waals surface area contributed by atoms with Crippen LogP contribution in [0, 0.1) is 0 Å². The molecule has 3 aromatic heterocycles. The lowest BCUT2D eigenvalue weighted by molar-refractivity contribution is 0.233. The quantitative estimate of drug-likeness (QED) is 0.446. The molecule has 0 aliphatic carbocycles. The van der Waals surface area contributed by atoms with Crippen LogP contribution in [0.15, 0.2) is 49.1 Å². The van der Waals surface area contributed by atoms with Gasteiger partial charge in [-0.1, -0.05) is 12.1 Å². The molecular weight excluding hydrogens is 363 g/mol. The Labute approximate surface area is 169 Å². The second-order valence-electron chi connectivity index (χ2n) is 7.19. The molecule has 4 aromatic rings. The fraction of sp³-hybridized carbons (Fsp3) is 0.250. The standard InChI is InChI=1S/C20H21BN8/c21-18-13-29-17(15-9-24-25-10-15)11-23-20(29)19(27-18)26-16-3-1-14(2-4-16)12-28-7-5-22-6-8-28/h1-4,9-11,13,22H,5-8,12H2,(H,24,25)(H,26,27). The first-order chi connectivity index (χ1) is 14.3. The average molecular weight is 384 g/mol. The molecule has 29 heavy (non-hydrogen) atoms. The van der Waals surface area contributed by atoms with Gasteiger partial charge in [-0.2, -0.15) is 5.10 Å². The topological polar surface area (TPSA) is 86.2 Å². The van der Waals surface area contributed by atoms with Gasteiger partial charge in [0.2, 0.25) is 0 Å². The van der Waals surface area contributed by atoms with Gasteiger partial charge in [0, 0.05) is 62.0 Å². The first-order valence-corrected chi connectivity index (χ1v) is 9.68. The SMILES string of the molecule is [B]c1cn2c(-c3cn[nH]c3)cnc2c(Nc2ccc(CN3CCNCC3)cc2)n1. The van der Waals surface area contributed by atoms with E-state index >= 15 is 0 Å². The molecule has 0 bridgehead atoms. The monoisotopic (exact) mass is 384 g/mol. The Morgan fingerprint density at radius 2 is 1.93 bits per heavy atom. The second-order valence-corrected chi connectivity index (χ2v) is 7.19. The Bertz CT molecular complexity index is 1100. The van der Waals surface area contributed by atoms with E-state index in [0.29, 0.717) is 17.1 Å². The summed E-state index contributed by atoms with van der Waals surface area (Å²) in [5.74, 6) is 0.620. The van der Waals surface area contributed by atoms with Crippen molar-refractivity contribution >= 4 is 30.6 Å². The van der Waals surface area contributed by atoms with Gasteiger partial charge < -0.3 is 10.6 Å². The van der Waals surface area contributed by atoms with E-state index in [2.05, 4.69) is 60.0 Å². The third kappa shape index (κ3) is 3.74. The van der Waals surface area contributed by atoms with Crippen molar-refractivity contribution in [3.05, 3.63) is 54.6 Å². The molecule has 2 radical (unpaired) electrons. The van der Waals surface area contributed by atoms with Gasteiger partial charge in [-0.3, -0.25) is 14.4 Å². The molecule has 0 unspecified atom stereocenters. The third-order valence-electron chi connectivity index (χ3n) is 5.14. The number of hydrogen-bond acceptors (Lipinski definition) is 6. The van der Waals surface area contributed by atoms with Crippen LogP contribution in [0.1, 0.15) is 5.56 Å². The van der Waals surface area contributed by atoms with Crippen molar-refractivity contribution in [1.29, 1.82) is 0 Å². The Balaban J connectivity index is 1.38. The number of rotatable bonds is 5. The molecule has 1 saturated heterocycles. The minimum absolute atomic E-state index is 0.415. The van der Waals surface area contributed by atoms with Crippen LogP contribution in [0.25, 0.3) is 16.9 Å². The van der Waals surface area contributed by atoms with Gasteiger partial charge in [0.1, 0.15) is 7.85 Å². The first-order valence-electron chi connectivity index (χ1n) is 9.68. The molecule has 5 rings (SSSR count). The van der Waals surface area contributed by atoms with Gasteiger partial charge in [0.05, 0.1) is 18.1 Å². The number of imidazole rings is 1. The summed E-state index contributed by atoms with van der Waals surface area (Å²) < 4.78 is 1.92. The van der Waals surface area contributed by atoms with Gasteiger partial charge in [0.15, 0.2) is 11.5 Å². The minimum atomic E-state index is 0.415. The number of benzene rings is 1. The molecule has 3 N–H and O–H groups in total. The summed E-state index contributed by atoms with van der Waals surface area (Å²) in [6.07, 6.45) is 7.14. The number of hydrogen-bond donors (Lipinski definition) is 3. The van der Waals surface area contributed by atoms with Crippen molar-refractivity contribution in [3.8, 4) is 11.3 Å². The van der Waals surface area contributed by atoms with Crippen LogP contribution in [0.2, 0.25) is 0 Å². The summed E-state index contributed by atoms with van der Waals surface area (Å²) in [6.45, 7) is 5.26. The molecule has 8 nitrogen and oxygen atoms in total. The highest BCUT2D eigenvalue weighted by molar-refractivity contribution is 6.30. The highest BCUT2D eigenvalue weighted by Crippen LogP contribution is 2.24. The summed E-state index contributed by atoms with van der Waals surface area (Å²) in [5, 5.41) is 13.6. The highest BCUT2D eigenvalue weighted by Gasteiger charge is 2.13. The van der Waals surface area contributed by atoms with E-state index in [1.165, 1.54) is 5.56 Å². The molecule has 144 valence electrons. The zero-order chi connectivity index (χ0) is 19.6. The van der Waals surface area contributed by atoms with Gasteiger partial charge in [0.25, 0.3) is 0 Å². The van der Waals surface area contributed by atoms with Crippen LogP contribution in [0.5, 0.6) is 0 Å². The van der Waals surface area contributed by atoms with Crippen molar-refractivity contribution in [2.45, 2.75) is 6.54 Å². The number of nitrogens with zero attached hydrogens (tertiary/aromatic N) is 5. The van der Waals surface area contributed by atoms with Crippen LogP contribution in [-0.4, -0.2) is 63.5 Å². The lowest BCUT2D eigenvalue weighted by Crippen LogP contribution is -2.42. The summed E-state index contributed by atoms with van der Waals surface area (Å²) in [5.41, 5.74) is 5.20. The number of aromatic amines is 1. The summed E-state index contributed by atoms with van der Waals surface area (Å²) in [7, 11) is 6.05. The van der Waals surface area contributed by atoms with Crippen LogP contribution in [-0.2, 0) is 6.54 Å². The largest absolute Gasteiger partial charge is 0.337 e. The van der Waals surface area contributed by atoms with Crippen LogP contribution >= 0.6 is 0 Å². The molecule has 1 fully saturated rings. The number of fused-ring (bicyclic) bond motifs is 1. The maximum Gasteiger partial charge on any atom is 0.180 e. The summed E-state index contributed by atoms with van der Waals surface area (Å²) >= 11 is 0. The summed E-state index contributed by atoms with van der Waals surface area (Å²) in [4.78, 5) is 11.4. The molecule has 4 heterocycles. The van der Waals surface area contributed by atoms with Crippen molar-refractivity contribution in [1.82, 2.24) is 34.8 Å². The van der Waals surface area contributed by atoms with E-state index in [1.54, 1.807) is 18.6 Å². The van der Waals surface area contributed by atoms with E-state index in [9.17, 15) is 0 Å². The summed E-state index contributed by atoms with van der Waals surface area (Å²) in [6, 6.07) is 8.43. The molecule has 1 aromatic carbocycles. The third-order valence-corrected chi connectivity index (χ3v) is 5.14. The normalized spacial score (nSPS) is 15.0. The van der Waals surface area contributed by atoms with Crippen LogP contribution in [0.4, 0.5) is 11.5 Å². The van der Waals surface area contributed by atoms with Gasteiger partial charge in [-0.15, -0.1) is 0 Å². The minimum Gasteiger partial charge on any atom is -0.337 e. The second kappa shape index (κ2) is 7.69. The number of nitrogens with one attached hydrogen (secondary N) is 3. The highest BCUT2D eigenvalue weighted by atomic mass is 15.2. The Kier molecular flexibility index (Phi) is 4.75. The van der Waals surface area contributed by atoms with E-state index in [4.69, 9.17) is 7.85 Å². The maximum atomic E-state index is 6.05. The predicted molar refractivity (Wildman–Crippen MR) is 114 cm³/mol. The zero-order valence-electron chi connectivity index (χ0n) is 16.0. The molecule has 0 spiro atoms. The Hall–Kier alpha value is -3.17. The molecule has 1 aliphatic heterocycles. The lowest BCUT2D eigenvalue weighted by atomic mass is 10.1. The van der Waals surface area contributed by atoms with Crippen molar-refractivity contribution in [2.75, 3.05) is 31.5 Å². The smallest absolute Gasteiger partial charge is 0.180 e. The Morgan fingerprint density at radius 1 is 1.10 bits per heavy atom. The molecular formula is C20H21BN8.